The Kier molecular flexibility index (Phi) is 17.0. The van der Waals surface area contributed by atoms with Gasteiger partial charge in [0, 0.05) is 25.9 Å². The highest BCUT2D eigenvalue weighted by Gasteiger charge is 2.41. The van der Waals surface area contributed by atoms with Crippen molar-refractivity contribution in [2.24, 2.45) is 17.8 Å². The number of hydrogen-bond acceptors (Lipinski definition) is 8. The summed E-state index contributed by atoms with van der Waals surface area (Å²) in [4.78, 5) is 80.4. The van der Waals surface area contributed by atoms with E-state index in [-0.39, 0.29) is 49.5 Å². The lowest BCUT2D eigenvalue weighted by atomic mass is 9.83. The van der Waals surface area contributed by atoms with Crippen LogP contribution in [0, 0.1) is 17.8 Å². The fourth-order valence-corrected chi connectivity index (χ4v) is 8.37. The second-order valence-electron chi connectivity index (χ2n) is 16.4. The average Bonchev–Trinajstić information content (AvgIpc) is 3.35. The Balaban J connectivity index is 1.24. The quantitative estimate of drug-likeness (QED) is 0.108. The van der Waals surface area contributed by atoms with Crippen LogP contribution in [0.3, 0.4) is 0 Å². The van der Waals surface area contributed by atoms with Crippen molar-refractivity contribution in [1.82, 2.24) is 31.3 Å². The van der Waals surface area contributed by atoms with E-state index in [0.717, 1.165) is 43.2 Å². The number of carboxylic acid groups (broad SMARTS) is 1. The van der Waals surface area contributed by atoms with Gasteiger partial charge in [-0.1, -0.05) is 125 Å². The van der Waals surface area contributed by atoms with Gasteiger partial charge in [-0.3, -0.25) is 24.0 Å². The minimum atomic E-state index is -1.30. The van der Waals surface area contributed by atoms with Crippen molar-refractivity contribution in [2.45, 2.75) is 128 Å². The van der Waals surface area contributed by atoms with Crippen molar-refractivity contribution >= 4 is 35.5 Å². The summed E-state index contributed by atoms with van der Waals surface area (Å²) in [7, 11) is 0. The van der Waals surface area contributed by atoms with E-state index >= 15 is 0 Å². The maximum Gasteiger partial charge on any atom is 0.326 e. The van der Waals surface area contributed by atoms with Crippen molar-refractivity contribution in [1.29, 1.82) is 0 Å². The van der Waals surface area contributed by atoms with Crippen LogP contribution in [0.1, 0.15) is 95.6 Å². The van der Waals surface area contributed by atoms with Gasteiger partial charge in [0.1, 0.15) is 12.1 Å². The van der Waals surface area contributed by atoms with E-state index in [1.54, 1.807) is 43.3 Å². The topological polar surface area (TPSA) is 197 Å². The molecule has 14 heteroatoms. The molecule has 1 aliphatic carbocycles. The molecule has 2 unspecified atom stereocenters. The molecule has 1 saturated heterocycles. The number of nitrogens with one attached hydrogen (secondary N) is 4. The summed E-state index contributed by atoms with van der Waals surface area (Å²) in [6, 6.07) is 15.0. The molecular formula is C45H62N6O8. The van der Waals surface area contributed by atoms with E-state index in [1.165, 1.54) is 10.0 Å². The van der Waals surface area contributed by atoms with Crippen LogP contribution < -0.4 is 21.3 Å². The van der Waals surface area contributed by atoms with Crippen LogP contribution in [0.2, 0.25) is 0 Å². The maximum absolute atomic E-state index is 14.0. The third kappa shape index (κ3) is 13.2. The van der Waals surface area contributed by atoms with Crippen molar-refractivity contribution in [3.63, 3.8) is 0 Å². The second-order valence-corrected chi connectivity index (χ2v) is 16.4. The molecule has 0 spiro atoms. The molecular weight excluding hydrogens is 753 g/mol. The Bertz CT molecular complexity index is 1750. The Labute approximate surface area is 347 Å². The molecule has 0 aromatic heterocycles. The van der Waals surface area contributed by atoms with Gasteiger partial charge in [-0.15, -0.1) is 0 Å². The predicted octanol–water partition coefficient (Wildman–Crippen LogP) is 3.64. The summed E-state index contributed by atoms with van der Waals surface area (Å²) in [5.74, 6) is -3.89. The van der Waals surface area contributed by atoms with E-state index in [9.17, 15) is 39.0 Å². The number of aliphatic hydroxyl groups is 1. The molecule has 5 amide bonds. The summed E-state index contributed by atoms with van der Waals surface area (Å²) < 4.78 is 0. The van der Waals surface area contributed by atoms with Gasteiger partial charge in [-0.05, 0) is 35.8 Å². The van der Waals surface area contributed by atoms with Crippen LogP contribution in [0.4, 0.5) is 0 Å². The summed E-state index contributed by atoms with van der Waals surface area (Å²) in [5.41, 5.74) is 1.81. The molecule has 0 radical (unpaired) electrons. The molecule has 1 saturated carbocycles. The van der Waals surface area contributed by atoms with Crippen molar-refractivity contribution in [3.05, 3.63) is 83.9 Å². The number of nitrogens with zero attached hydrogens (tertiary/aromatic N) is 2. The molecule has 3 aliphatic rings. The Morgan fingerprint density at radius 2 is 1.54 bits per heavy atom. The predicted molar refractivity (Wildman–Crippen MR) is 222 cm³/mol. The van der Waals surface area contributed by atoms with Crippen LogP contribution >= 0.6 is 0 Å². The van der Waals surface area contributed by atoms with Gasteiger partial charge in [-0.25, -0.2) is 14.8 Å². The third-order valence-electron chi connectivity index (χ3n) is 12.0. The standard InChI is InChI=1S/C45H62N6O8/c1-3-30(2)42(43(56)48-37(45(58)59)25-32-16-9-5-10-17-32)49-40(54)27-38(52)36(24-31-14-7-4-8-15-31)47-39(53)26-35-20-13-23-50-41(55)22-21-34(44(57)51(35)50)29-46-28-33-18-11-6-12-19-33/h5-6,9-13,16-20,30-31,34-38,42,46,52H,3-4,7-8,14-15,21-29H2,1-2H3,(H,47,53)(H,48,56)(H,49,54)(H,58,59)/t30-,34?,35?,36-,37-,38-,42-/m0/s1. The molecule has 2 aromatic carbocycles. The zero-order chi connectivity index (χ0) is 42.3. The van der Waals surface area contributed by atoms with Gasteiger partial charge in [0.2, 0.25) is 29.5 Å². The van der Waals surface area contributed by atoms with Crippen LogP contribution in [0.25, 0.3) is 0 Å². The number of rotatable bonds is 20. The van der Waals surface area contributed by atoms with Crippen molar-refractivity contribution in [2.75, 3.05) is 13.1 Å². The normalized spacial score (nSPS) is 21.0. The molecule has 6 N–H and O–H groups in total. The summed E-state index contributed by atoms with van der Waals surface area (Å²) in [6.45, 7) is 4.82. The number of hydrogen-bond donors (Lipinski definition) is 6. The van der Waals surface area contributed by atoms with Crippen molar-refractivity contribution < 1.29 is 39.0 Å². The number of amides is 5. The first-order valence-electron chi connectivity index (χ1n) is 21.3. The molecule has 5 rings (SSSR count). The Hall–Kier alpha value is -5.08. The first kappa shape index (κ1) is 45.0. The van der Waals surface area contributed by atoms with E-state index in [1.807, 2.05) is 43.3 Å². The molecule has 2 heterocycles. The van der Waals surface area contributed by atoms with Crippen LogP contribution in [-0.4, -0.2) is 99.1 Å². The van der Waals surface area contributed by atoms with Crippen LogP contribution in [0.15, 0.2) is 72.8 Å². The van der Waals surface area contributed by atoms with Crippen LogP contribution in [0.5, 0.6) is 0 Å². The maximum atomic E-state index is 14.0. The van der Waals surface area contributed by atoms with E-state index in [0.29, 0.717) is 32.4 Å². The minimum Gasteiger partial charge on any atom is -0.480 e. The van der Waals surface area contributed by atoms with Crippen LogP contribution in [-0.2, 0) is 41.7 Å². The fourth-order valence-electron chi connectivity index (χ4n) is 8.37. The van der Waals surface area contributed by atoms with Gasteiger partial charge >= 0.3 is 5.97 Å². The molecule has 2 aromatic rings. The Morgan fingerprint density at radius 3 is 2.20 bits per heavy atom. The molecule has 59 heavy (non-hydrogen) atoms. The number of aliphatic carboxylic acids is 1. The largest absolute Gasteiger partial charge is 0.480 e. The third-order valence-corrected chi connectivity index (χ3v) is 12.0. The highest BCUT2D eigenvalue weighted by Crippen LogP contribution is 2.29. The first-order valence-corrected chi connectivity index (χ1v) is 21.3. The molecule has 320 valence electrons. The molecule has 2 aliphatic heterocycles. The van der Waals surface area contributed by atoms with E-state index in [4.69, 9.17) is 0 Å². The lowest BCUT2D eigenvalue weighted by Gasteiger charge is -2.41. The summed E-state index contributed by atoms with van der Waals surface area (Å²) in [5, 5.41) is 36.0. The van der Waals surface area contributed by atoms with Gasteiger partial charge in [0.25, 0.3) is 0 Å². The minimum absolute atomic E-state index is 0.0633. The number of carboxylic acids is 1. The highest BCUT2D eigenvalue weighted by atomic mass is 16.4. The number of aliphatic hydroxyl groups excluding tert-OH is 1. The molecule has 7 atom stereocenters. The molecule has 0 bridgehead atoms. The second kappa shape index (κ2) is 22.3. The lowest BCUT2D eigenvalue weighted by Crippen LogP contribution is -2.58. The number of carbonyl (C=O) groups excluding carboxylic acids is 5. The summed E-state index contributed by atoms with van der Waals surface area (Å²) >= 11 is 0. The average molecular weight is 815 g/mol. The lowest BCUT2D eigenvalue weighted by molar-refractivity contribution is -0.167. The number of fused-ring (bicyclic) bond motifs is 1. The number of carbonyl (C=O) groups is 6. The smallest absolute Gasteiger partial charge is 0.326 e. The number of hydrazine groups is 1. The summed E-state index contributed by atoms with van der Waals surface area (Å²) in [6.07, 6.45) is 8.35. The highest BCUT2D eigenvalue weighted by molar-refractivity contribution is 5.91. The van der Waals surface area contributed by atoms with E-state index in [2.05, 4.69) is 21.3 Å². The monoisotopic (exact) mass is 814 g/mol. The first-order chi connectivity index (χ1) is 28.4. The molecule has 14 nitrogen and oxygen atoms in total. The van der Waals surface area contributed by atoms with Crippen molar-refractivity contribution in [3.8, 4) is 0 Å². The van der Waals surface area contributed by atoms with Gasteiger partial charge < -0.3 is 31.5 Å². The van der Waals surface area contributed by atoms with E-state index < -0.39 is 66.3 Å². The fraction of sp³-hybridized carbons (Fsp3) is 0.556. The van der Waals surface area contributed by atoms with Gasteiger partial charge in [0.15, 0.2) is 0 Å². The van der Waals surface area contributed by atoms with Gasteiger partial charge in [-0.2, -0.15) is 0 Å². The Morgan fingerprint density at radius 1 is 0.864 bits per heavy atom. The number of benzene rings is 2. The SMILES string of the molecule is CC[C@H](C)[C@H](NC(=O)C[C@H](O)[C@H](CC1CCCCC1)NC(=O)CC1C=CCN2C(=O)CCC(CNCc3ccccc3)C(=O)N12)C(=O)N[C@@H](Cc1ccccc1)C(=O)O. The zero-order valence-electron chi connectivity index (χ0n) is 34.4. The van der Waals surface area contributed by atoms with Gasteiger partial charge in [0.05, 0.1) is 43.5 Å². The molecule has 2 fully saturated rings. The zero-order valence-corrected chi connectivity index (χ0v) is 34.4.